The molecule has 1 aromatic rings. The summed E-state index contributed by atoms with van der Waals surface area (Å²) in [5.41, 5.74) is 0. The van der Waals surface area contributed by atoms with Crippen LogP contribution >= 0.6 is 0 Å². The molecule has 1 saturated heterocycles. The zero-order chi connectivity index (χ0) is 13.1. The monoisotopic (exact) mass is 253 g/mol. The molecule has 0 bridgehead atoms. The highest BCUT2D eigenvalue weighted by Gasteiger charge is 2.24. The second kappa shape index (κ2) is 5.05. The lowest BCUT2D eigenvalue weighted by atomic mass is 10.2. The summed E-state index contributed by atoms with van der Waals surface area (Å²) in [4.78, 5) is 22.8. The van der Waals surface area contributed by atoms with Gasteiger partial charge in [-0.25, -0.2) is 4.68 Å². The number of amides is 2. The Hall–Kier alpha value is -2.09. The molecule has 8 nitrogen and oxygen atoms in total. The summed E-state index contributed by atoms with van der Waals surface area (Å²) in [5.74, 6) is 0.613. The summed E-state index contributed by atoms with van der Waals surface area (Å²) in [6.07, 6.45) is 0. The van der Waals surface area contributed by atoms with Crippen LogP contribution in [0.15, 0.2) is 6.07 Å². The number of carbonyl (C=O) groups is 2. The summed E-state index contributed by atoms with van der Waals surface area (Å²) in [6.45, 7) is 0.415. The van der Waals surface area contributed by atoms with E-state index in [1.165, 1.54) is 11.8 Å². The number of hydrogen-bond acceptors (Lipinski definition) is 5. The van der Waals surface area contributed by atoms with Gasteiger partial charge in [-0.15, -0.1) is 0 Å². The summed E-state index contributed by atoms with van der Waals surface area (Å²) in [5, 5.41) is 12.2. The maximum absolute atomic E-state index is 11.9. The Morgan fingerprint density at radius 2 is 2.44 bits per heavy atom. The number of hydrogen-bond donors (Lipinski definition) is 3. The number of anilines is 1. The molecule has 18 heavy (non-hydrogen) atoms. The van der Waals surface area contributed by atoms with Crippen molar-refractivity contribution in [2.24, 2.45) is 7.05 Å². The molecular weight excluding hydrogens is 238 g/mol. The van der Waals surface area contributed by atoms with Crippen LogP contribution in [-0.4, -0.2) is 47.8 Å². The molecule has 0 radical (unpaired) electrons. The van der Waals surface area contributed by atoms with Crippen LogP contribution in [0.3, 0.4) is 0 Å². The molecule has 1 aliphatic rings. The Bertz CT molecular complexity index is 460. The molecular formula is C10H15N5O3. The number of rotatable bonds is 3. The van der Waals surface area contributed by atoms with Crippen molar-refractivity contribution in [1.82, 2.24) is 20.4 Å². The van der Waals surface area contributed by atoms with Crippen molar-refractivity contribution in [3.63, 3.8) is 0 Å². The van der Waals surface area contributed by atoms with E-state index in [1.54, 1.807) is 13.1 Å². The number of aromatic nitrogens is 2. The number of aryl methyl sites for hydroxylation is 1. The minimum Gasteiger partial charge on any atom is -0.481 e. The molecule has 8 heteroatoms. The lowest BCUT2D eigenvalue weighted by Crippen LogP contribution is -2.56. The van der Waals surface area contributed by atoms with Gasteiger partial charge in [0, 0.05) is 19.7 Å². The fourth-order valence-electron chi connectivity index (χ4n) is 1.67. The van der Waals surface area contributed by atoms with Crippen LogP contribution < -0.4 is 20.7 Å². The SMILES string of the molecule is COc1cc(NC(=O)C2CNC(=O)CN2)nn1C. The van der Waals surface area contributed by atoms with E-state index < -0.39 is 6.04 Å². The number of carbonyl (C=O) groups excluding carboxylic acids is 2. The zero-order valence-electron chi connectivity index (χ0n) is 10.2. The molecule has 0 aromatic carbocycles. The number of nitrogens with zero attached hydrogens (tertiary/aromatic N) is 2. The Balaban J connectivity index is 1.96. The predicted molar refractivity (Wildman–Crippen MR) is 63.2 cm³/mol. The van der Waals surface area contributed by atoms with Crippen molar-refractivity contribution in [2.75, 3.05) is 25.5 Å². The van der Waals surface area contributed by atoms with Crippen molar-refractivity contribution < 1.29 is 14.3 Å². The van der Waals surface area contributed by atoms with Crippen LogP contribution in [0, 0.1) is 0 Å². The van der Waals surface area contributed by atoms with E-state index in [2.05, 4.69) is 21.0 Å². The highest BCUT2D eigenvalue weighted by molar-refractivity contribution is 5.95. The first-order chi connectivity index (χ1) is 8.60. The van der Waals surface area contributed by atoms with Gasteiger partial charge >= 0.3 is 0 Å². The van der Waals surface area contributed by atoms with Gasteiger partial charge in [-0.05, 0) is 0 Å². The van der Waals surface area contributed by atoms with Crippen molar-refractivity contribution >= 4 is 17.6 Å². The number of ether oxygens (including phenoxy) is 1. The maximum atomic E-state index is 11.9. The Morgan fingerprint density at radius 3 is 3.00 bits per heavy atom. The van der Waals surface area contributed by atoms with Crippen LogP contribution in [0.1, 0.15) is 0 Å². The van der Waals surface area contributed by atoms with E-state index in [0.29, 0.717) is 11.7 Å². The van der Waals surface area contributed by atoms with E-state index in [9.17, 15) is 9.59 Å². The van der Waals surface area contributed by atoms with Crippen LogP contribution in [0.4, 0.5) is 5.82 Å². The Morgan fingerprint density at radius 1 is 1.67 bits per heavy atom. The third-order valence-electron chi connectivity index (χ3n) is 2.63. The molecule has 0 spiro atoms. The van der Waals surface area contributed by atoms with Gasteiger partial charge in [-0.2, -0.15) is 5.10 Å². The average Bonchev–Trinajstić information content (AvgIpc) is 2.70. The third-order valence-corrected chi connectivity index (χ3v) is 2.63. The largest absolute Gasteiger partial charge is 0.481 e. The van der Waals surface area contributed by atoms with Gasteiger partial charge in [0.25, 0.3) is 0 Å². The highest BCUT2D eigenvalue weighted by Crippen LogP contribution is 2.15. The molecule has 1 atom stereocenters. The third kappa shape index (κ3) is 2.59. The molecule has 2 rings (SSSR count). The van der Waals surface area contributed by atoms with E-state index >= 15 is 0 Å². The fraction of sp³-hybridized carbons (Fsp3) is 0.500. The smallest absolute Gasteiger partial charge is 0.244 e. The van der Waals surface area contributed by atoms with Crippen molar-refractivity contribution in [1.29, 1.82) is 0 Å². The standard InChI is InChI=1S/C10H15N5O3/c1-15-9(18-2)3-7(14-15)13-10(17)6-4-12-8(16)5-11-6/h3,6,11H,4-5H2,1-2H3,(H,12,16)(H,13,14,17). The normalized spacial score (nSPS) is 19.2. The molecule has 0 aliphatic carbocycles. The van der Waals surface area contributed by atoms with Crippen LogP contribution in [-0.2, 0) is 16.6 Å². The lowest BCUT2D eigenvalue weighted by Gasteiger charge is -2.22. The Kier molecular flexibility index (Phi) is 3.47. The maximum Gasteiger partial charge on any atom is 0.244 e. The molecule has 1 fully saturated rings. The van der Waals surface area contributed by atoms with Gasteiger partial charge < -0.3 is 15.4 Å². The molecule has 2 heterocycles. The summed E-state index contributed by atoms with van der Waals surface area (Å²) < 4.78 is 6.56. The van der Waals surface area contributed by atoms with Crippen LogP contribution in [0.5, 0.6) is 5.88 Å². The first-order valence-electron chi connectivity index (χ1n) is 5.49. The summed E-state index contributed by atoms with van der Waals surface area (Å²) >= 11 is 0. The molecule has 1 aromatic heterocycles. The van der Waals surface area contributed by atoms with Gasteiger partial charge in [0.1, 0.15) is 6.04 Å². The molecule has 1 aliphatic heterocycles. The zero-order valence-corrected chi connectivity index (χ0v) is 10.2. The molecule has 0 saturated carbocycles. The summed E-state index contributed by atoms with van der Waals surface area (Å²) in [6, 6.07) is 1.18. The summed E-state index contributed by atoms with van der Waals surface area (Å²) in [7, 11) is 3.24. The predicted octanol–water partition coefficient (Wildman–Crippen LogP) is -1.54. The van der Waals surface area contributed by atoms with Gasteiger partial charge in [0.2, 0.25) is 17.7 Å². The van der Waals surface area contributed by atoms with Gasteiger partial charge in [-0.3, -0.25) is 14.9 Å². The van der Waals surface area contributed by atoms with E-state index in [4.69, 9.17) is 4.74 Å². The van der Waals surface area contributed by atoms with E-state index in [1.807, 2.05) is 0 Å². The fourth-order valence-corrected chi connectivity index (χ4v) is 1.67. The second-order valence-electron chi connectivity index (χ2n) is 3.92. The first kappa shape index (κ1) is 12.4. The number of methoxy groups -OCH3 is 1. The van der Waals surface area contributed by atoms with Crippen LogP contribution in [0.2, 0.25) is 0 Å². The minimum atomic E-state index is -0.448. The molecule has 98 valence electrons. The topological polar surface area (TPSA) is 97.3 Å². The Labute approximate surface area is 104 Å². The highest BCUT2D eigenvalue weighted by atomic mass is 16.5. The molecule has 1 unspecified atom stereocenters. The van der Waals surface area contributed by atoms with Crippen molar-refractivity contribution in [3.05, 3.63) is 6.07 Å². The second-order valence-corrected chi connectivity index (χ2v) is 3.92. The van der Waals surface area contributed by atoms with Gasteiger partial charge in [-0.1, -0.05) is 0 Å². The van der Waals surface area contributed by atoms with Crippen molar-refractivity contribution in [2.45, 2.75) is 6.04 Å². The lowest BCUT2D eigenvalue weighted by molar-refractivity contribution is -0.124. The molecule has 3 N–H and O–H groups in total. The first-order valence-corrected chi connectivity index (χ1v) is 5.49. The van der Waals surface area contributed by atoms with E-state index in [0.717, 1.165) is 0 Å². The quantitative estimate of drug-likeness (QED) is 0.606. The van der Waals surface area contributed by atoms with Gasteiger partial charge in [0.15, 0.2) is 5.82 Å². The molecule has 2 amide bonds. The van der Waals surface area contributed by atoms with Crippen LogP contribution in [0.25, 0.3) is 0 Å². The van der Waals surface area contributed by atoms with E-state index in [-0.39, 0.29) is 24.9 Å². The average molecular weight is 253 g/mol. The number of nitrogens with one attached hydrogen (secondary N) is 3. The minimum absolute atomic E-state index is 0.112. The van der Waals surface area contributed by atoms with Gasteiger partial charge in [0.05, 0.1) is 13.7 Å². The van der Waals surface area contributed by atoms with Crippen molar-refractivity contribution in [3.8, 4) is 5.88 Å². The number of piperazine rings is 1.